The van der Waals surface area contributed by atoms with Gasteiger partial charge in [-0.05, 0) is 24.3 Å². The Bertz CT molecular complexity index is 372. The Hall–Kier alpha value is -1.97. The molecule has 1 aromatic carbocycles. The third kappa shape index (κ3) is 2.52. The molecule has 0 radical (unpaired) electrons. The van der Waals surface area contributed by atoms with Gasteiger partial charge in [0, 0.05) is 11.6 Å². The number of nitrogens with two attached hydrogens (primary N) is 1. The number of hydrogen-bond acceptors (Lipinski definition) is 3. The van der Waals surface area contributed by atoms with Crippen LogP contribution in [0.25, 0.3) is 6.08 Å². The van der Waals surface area contributed by atoms with Crippen molar-refractivity contribution in [3.63, 3.8) is 0 Å². The van der Waals surface area contributed by atoms with Crippen LogP contribution in [0.3, 0.4) is 0 Å². The highest BCUT2D eigenvalue weighted by Crippen LogP contribution is 2.23. The second kappa shape index (κ2) is 4.32. The number of phenolic OH excluding ortho intramolecular Hbond substituents is 1. The smallest absolute Gasteiger partial charge is 0.241 e. The Kier molecular flexibility index (Phi) is 3.12. The van der Waals surface area contributed by atoms with Crippen molar-refractivity contribution >= 4 is 12.0 Å². The monoisotopic (exact) mass is 193 g/mol. The maximum atomic E-state index is 10.5. The Balaban J connectivity index is 3.00. The summed E-state index contributed by atoms with van der Waals surface area (Å²) in [6.07, 6.45) is 2.61. The summed E-state index contributed by atoms with van der Waals surface area (Å²) in [5, 5.41) is 9.38. The highest BCUT2D eigenvalue weighted by Gasteiger charge is 1.99. The van der Waals surface area contributed by atoms with E-state index in [-0.39, 0.29) is 5.75 Å². The van der Waals surface area contributed by atoms with Gasteiger partial charge in [0.25, 0.3) is 0 Å². The molecule has 0 aromatic heterocycles. The van der Waals surface area contributed by atoms with Gasteiger partial charge in [-0.1, -0.05) is 0 Å². The van der Waals surface area contributed by atoms with Crippen LogP contribution in [0.1, 0.15) is 5.56 Å². The lowest BCUT2D eigenvalue weighted by Gasteiger charge is -2.02. The summed E-state index contributed by atoms with van der Waals surface area (Å²) in [5.41, 5.74) is 5.41. The molecule has 0 saturated heterocycles. The molecule has 0 aliphatic rings. The van der Waals surface area contributed by atoms with E-state index in [9.17, 15) is 9.90 Å². The fourth-order valence-electron chi connectivity index (χ4n) is 0.965. The molecule has 0 atom stereocenters. The van der Waals surface area contributed by atoms with Crippen molar-refractivity contribution in [2.75, 3.05) is 7.11 Å². The number of benzene rings is 1. The van der Waals surface area contributed by atoms with Gasteiger partial charge in [-0.25, -0.2) is 0 Å². The molecule has 0 fully saturated rings. The van der Waals surface area contributed by atoms with Gasteiger partial charge in [-0.3, -0.25) is 4.79 Å². The zero-order chi connectivity index (χ0) is 10.6. The number of hydrogen-bond donors (Lipinski definition) is 2. The molecule has 0 saturated carbocycles. The molecule has 0 unspecified atom stereocenters. The first kappa shape index (κ1) is 10.1. The normalized spacial score (nSPS) is 10.4. The average Bonchev–Trinajstić information content (AvgIpc) is 2.16. The fraction of sp³-hybridized carbons (Fsp3) is 0.100. The number of carbonyl (C=O) groups is 1. The first-order valence-corrected chi connectivity index (χ1v) is 3.98. The lowest BCUT2D eigenvalue weighted by molar-refractivity contribution is -0.113. The summed E-state index contributed by atoms with van der Waals surface area (Å²) < 4.78 is 4.96. The van der Waals surface area contributed by atoms with E-state index in [1.54, 1.807) is 12.1 Å². The van der Waals surface area contributed by atoms with Crippen molar-refractivity contribution in [3.8, 4) is 11.5 Å². The molecule has 4 heteroatoms. The summed E-state index contributed by atoms with van der Waals surface area (Å²) in [5.74, 6) is 0.113. The summed E-state index contributed by atoms with van der Waals surface area (Å²) in [4.78, 5) is 10.5. The minimum Gasteiger partial charge on any atom is -0.507 e. The molecule has 0 aliphatic carbocycles. The number of ether oxygens (including phenoxy) is 1. The van der Waals surface area contributed by atoms with Crippen molar-refractivity contribution in [3.05, 3.63) is 29.8 Å². The molecule has 1 aromatic rings. The number of amides is 1. The lowest BCUT2D eigenvalue weighted by atomic mass is 10.1. The molecule has 3 N–H and O–H groups in total. The zero-order valence-electron chi connectivity index (χ0n) is 7.73. The van der Waals surface area contributed by atoms with E-state index in [1.807, 2.05) is 0 Å². The number of primary amides is 1. The molecule has 0 bridgehead atoms. The van der Waals surface area contributed by atoms with Crippen molar-refractivity contribution in [1.82, 2.24) is 0 Å². The van der Waals surface area contributed by atoms with E-state index < -0.39 is 5.91 Å². The number of aromatic hydroxyl groups is 1. The SMILES string of the molecule is COc1ccc(O)c(/C=C/C(N)=O)c1. The topological polar surface area (TPSA) is 72.6 Å². The van der Waals surface area contributed by atoms with Crippen LogP contribution >= 0.6 is 0 Å². The molecule has 1 rings (SSSR count). The summed E-state index contributed by atoms with van der Waals surface area (Å²) in [6.45, 7) is 0. The van der Waals surface area contributed by atoms with Crippen LogP contribution in [0.4, 0.5) is 0 Å². The van der Waals surface area contributed by atoms with E-state index in [0.29, 0.717) is 11.3 Å². The molecule has 74 valence electrons. The number of carbonyl (C=O) groups excluding carboxylic acids is 1. The molecule has 0 heterocycles. The van der Waals surface area contributed by atoms with Gasteiger partial charge in [-0.15, -0.1) is 0 Å². The molecule has 0 aliphatic heterocycles. The van der Waals surface area contributed by atoms with E-state index in [4.69, 9.17) is 10.5 Å². The Morgan fingerprint density at radius 1 is 1.57 bits per heavy atom. The largest absolute Gasteiger partial charge is 0.507 e. The quantitative estimate of drug-likeness (QED) is 0.700. The van der Waals surface area contributed by atoms with Crippen molar-refractivity contribution < 1.29 is 14.6 Å². The predicted molar refractivity (Wildman–Crippen MR) is 52.9 cm³/mol. The molecule has 14 heavy (non-hydrogen) atoms. The van der Waals surface area contributed by atoms with Crippen LogP contribution in [0.2, 0.25) is 0 Å². The van der Waals surface area contributed by atoms with Gasteiger partial charge in [0.15, 0.2) is 0 Å². The number of phenols is 1. The highest BCUT2D eigenvalue weighted by molar-refractivity contribution is 5.90. The minimum atomic E-state index is -0.563. The molecule has 4 nitrogen and oxygen atoms in total. The van der Waals surface area contributed by atoms with Crippen molar-refractivity contribution in [2.24, 2.45) is 5.73 Å². The van der Waals surface area contributed by atoms with Gasteiger partial charge in [0.05, 0.1) is 7.11 Å². The van der Waals surface area contributed by atoms with Gasteiger partial charge < -0.3 is 15.6 Å². The van der Waals surface area contributed by atoms with Crippen molar-refractivity contribution in [1.29, 1.82) is 0 Å². The van der Waals surface area contributed by atoms with E-state index >= 15 is 0 Å². The molecule has 0 spiro atoms. The third-order valence-corrected chi connectivity index (χ3v) is 1.66. The molecular formula is C10H11NO3. The predicted octanol–water partition coefficient (Wildman–Crippen LogP) is 0.899. The van der Waals surface area contributed by atoms with Crippen LogP contribution < -0.4 is 10.5 Å². The zero-order valence-corrected chi connectivity index (χ0v) is 7.73. The van der Waals surface area contributed by atoms with Gasteiger partial charge in [0.1, 0.15) is 11.5 Å². The van der Waals surface area contributed by atoms with Gasteiger partial charge in [-0.2, -0.15) is 0 Å². The first-order valence-electron chi connectivity index (χ1n) is 3.98. The van der Waals surface area contributed by atoms with Crippen molar-refractivity contribution in [2.45, 2.75) is 0 Å². The average molecular weight is 193 g/mol. The number of methoxy groups -OCH3 is 1. The maximum absolute atomic E-state index is 10.5. The highest BCUT2D eigenvalue weighted by atomic mass is 16.5. The van der Waals surface area contributed by atoms with E-state index in [0.717, 1.165) is 0 Å². The van der Waals surface area contributed by atoms with Crippen LogP contribution in [-0.2, 0) is 4.79 Å². The van der Waals surface area contributed by atoms with Crippen LogP contribution in [0.15, 0.2) is 24.3 Å². The first-order chi connectivity index (χ1) is 6.63. The maximum Gasteiger partial charge on any atom is 0.241 e. The van der Waals surface area contributed by atoms with Crippen LogP contribution in [0, 0.1) is 0 Å². The van der Waals surface area contributed by atoms with E-state index in [1.165, 1.54) is 25.3 Å². The number of rotatable bonds is 3. The Morgan fingerprint density at radius 2 is 2.29 bits per heavy atom. The Labute approximate surface area is 81.6 Å². The standard InChI is InChI=1S/C10H11NO3/c1-14-8-3-4-9(12)7(6-8)2-5-10(11)13/h2-6,12H,1H3,(H2,11,13)/b5-2+. The Morgan fingerprint density at radius 3 is 2.86 bits per heavy atom. The van der Waals surface area contributed by atoms with Gasteiger partial charge in [0.2, 0.25) is 5.91 Å². The van der Waals surface area contributed by atoms with E-state index in [2.05, 4.69) is 0 Å². The second-order valence-electron chi connectivity index (χ2n) is 2.66. The van der Waals surface area contributed by atoms with Crippen LogP contribution in [0.5, 0.6) is 11.5 Å². The summed E-state index contributed by atoms with van der Waals surface area (Å²) >= 11 is 0. The van der Waals surface area contributed by atoms with Gasteiger partial charge >= 0.3 is 0 Å². The second-order valence-corrected chi connectivity index (χ2v) is 2.66. The van der Waals surface area contributed by atoms with Crippen LogP contribution in [-0.4, -0.2) is 18.1 Å². The lowest BCUT2D eigenvalue weighted by Crippen LogP contribution is -2.05. The fourth-order valence-corrected chi connectivity index (χ4v) is 0.965. The summed E-state index contributed by atoms with van der Waals surface area (Å²) in [6, 6.07) is 4.71. The third-order valence-electron chi connectivity index (χ3n) is 1.66. The molecule has 1 amide bonds. The molecular weight excluding hydrogens is 182 g/mol. The summed E-state index contributed by atoms with van der Waals surface area (Å²) in [7, 11) is 1.52. The minimum absolute atomic E-state index is 0.0725.